The zero-order valence-corrected chi connectivity index (χ0v) is 13.4. The molecule has 6 aliphatic carbocycles. The lowest BCUT2D eigenvalue weighted by molar-refractivity contribution is -0.171. The first-order valence-corrected chi connectivity index (χ1v) is 8.29. The summed E-state index contributed by atoms with van der Waals surface area (Å²) in [5.41, 5.74) is 0.0331. The molecule has 2 bridgehead atoms. The molecule has 23 heavy (non-hydrogen) atoms. The van der Waals surface area contributed by atoms with E-state index in [9.17, 15) is 14.4 Å². The van der Waals surface area contributed by atoms with Crippen LogP contribution in [0.25, 0.3) is 0 Å². The molecule has 6 heteroatoms. The molecule has 0 N–H and O–H groups in total. The highest BCUT2D eigenvalue weighted by Crippen LogP contribution is 2.98. The van der Waals surface area contributed by atoms with E-state index in [-0.39, 0.29) is 47.0 Å². The van der Waals surface area contributed by atoms with Crippen molar-refractivity contribution in [1.82, 2.24) is 0 Å². The number of carbonyl (C=O) groups excluding carboxylic acids is 3. The number of hydrogen-bond donors (Lipinski definition) is 0. The molecule has 10 atom stereocenters. The third-order valence-electron chi connectivity index (χ3n) is 7.68. The van der Waals surface area contributed by atoms with E-state index in [1.165, 1.54) is 21.1 Å². The van der Waals surface area contributed by atoms with Crippen molar-refractivity contribution in [2.75, 3.05) is 20.8 Å². The Hall–Kier alpha value is -1.59. The molecule has 0 radical (unpaired) electrons. The molecular weight excluding hydrogens is 300 g/mol. The highest BCUT2D eigenvalue weighted by molar-refractivity contribution is 5.85. The first kappa shape index (κ1) is 13.8. The maximum absolute atomic E-state index is 12.4. The number of fused-ring (bicyclic) bond motifs is 1. The second-order valence-electron chi connectivity index (χ2n) is 7.88. The fourth-order valence-electron chi connectivity index (χ4n) is 7.51. The van der Waals surface area contributed by atoms with Crippen molar-refractivity contribution in [2.45, 2.75) is 6.92 Å². The maximum Gasteiger partial charge on any atom is 0.309 e. The van der Waals surface area contributed by atoms with Crippen molar-refractivity contribution in [1.29, 1.82) is 0 Å². The molecule has 0 heterocycles. The van der Waals surface area contributed by atoms with Gasteiger partial charge in [0, 0.05) is 12.3 Å². The summed E-state index contributed by atoms with van der Waals surface area (Å²) < 4.78 is 15.4. The Morgan fingerprint density at radius 3 is 1.70 bits per heavy atom. The highest BCUT2D eigenvalue weighted by atomic mass is 16.5. The molecule has 6 saturated carbocycles. The largest absolute Gasteiger partial charge is 0.469 e. The summed E-state index contributed by atoms with van der Waals surface area (Å²) >= 11 is 0. The molecule has 0 aliphatic heterocycles. The summed E-state index contributed by atoms with van der Waals surface area (Å²) in [6.07, 6.45) is 0. The number of ether oxygens (including phenoxy) is 3. The van der Waals surface area contributed by atoms with E-state index in [0.29, 0.717) is 36.2 Å². The minimum absolute atomic E-state index is 0.0331. The van der Waals surface area contributed by atoms with Crippen LogP contribution in [0.5, 0.6) is 0 Å². The van der Waals surface area contributed by atoms with Gasteiger partial charge in [-0.2, -0.15) is 0 Å². The summed E-state index contributed by atoms with van der Waals surface area (Å²) in [6, 6.07) is 0. The molecule has 6 fully saturated rings. The van der Waals surface area contributed by atoms with Gasteiger partial charge in [-0.05, 0) is 41.4 Å². The zero-order valence-electron chi connectivity index (χ0n) is 13.4. The van der Waals surface area contributed by atoms with Gasteiger partial charge in [0.1, 0.15) is 0 Å². The second kappa shape index (κ2) is 3.90. The number of rotatable bonds is 4. The summed E-state index contributed by atoms with van der Waals surface area (Å²) in [7, 11) is 2.77. The molecule has 6 nitrogen and oxygen atoms in total. The van der Waals surface area contributed by atoms with Gasteiger partial charge < -0.3 is 14.2 Å². The van der Waals surface area contributed by atoms with E-state index in [1.54, 1.807) is 0 Å². The number of methoxy groups -OCH3 is 2. The topological polar surface area (TPSA) is 78.9 Å². The lowest BCUT2D eigenvalue weighted by atomic mass is 9.58. The third kappa shape index (κ3) is 1.25. The lowest BCUT2D eigenvalue weighted by Gasteiger charge is -2.44. The van der Waals surface area contributed by atoms with E-state index in [4.69, 9.17) is 14.2 Å². The van der Waals surface area contributed by atoms with Gasteiger partial charge in [0.2, 0.25) is 0 Å². The normalized spacial score (nSPS) is 55.2. The van der Waals surface area contributed by atoms with Crippen LogP contribution in [0.2, 0.25) is 0 Å². The van der Waals surface area contributed by atoms with Crippen molar-refractivity contribution < 1.29 is 28.6 Å². The van der Waals surface area contributed by atoms with Crippen LogP contribution in [-0.4, -0.2) is 38.7 Å². The molecule has 124 valence electrons. The summed E-state index contributed by atoms with van der Waals surface area (Å²) in [4.78, 5) is 36.0. The van der Waals surface area contributed by atoms with E-state index < -0.39 is 0 Å². The molecule has 0 aromatic carbocycles. The molecule has 0 aromatic heterocycles. The summed E-state index contributed by atoms with van der Waals surface area (Å²) in [5, 5.41) is 0. The molecule has 0 aromatic rings. The van der Waals surface area contributed by atoms with Gasteiger partial charge in [-0.25, -0.2) is 0 Å². The summed E-state index contributed by atoms with van der Waals surface area (Å²) in [5.74, 6) is 1.18. The molecule has 0 saturated heterocycles. The van der Waals surface area contributed by atoms with Gasteiger partial charge in [-0.1, -0.05) is 0 Å². The Morgan fingerprint density at radius 2 is 1.30 bits per heavy atom. The standard InChI is InChI=1S/C17H20O6/c1-5(18)23-4-17-12-6-7(12)9-11(16(20)22-3)10(15(19)21-2)8(6)13(17)14(9)17/h6-14H,4H2,1-3H3/t6-,7+,8-,9-,10+,11-,12?,13+,14-,17?/m0/s1. The maximum atomic E-state index is 12.4. The van der Waals surface area contributed by atoms with Crippen LogP contribution in [0.1, 0.15) is 6.92 Å². The highest BCUT2D eigenvalue weighted by Gasteiger charge is 2.98. The van der Waals surface area contributed by atoms with Gasteiger partial charge in [-0.3, -0.25) is 14.4 Å². The third-order valence-corrected chi connectivity index (χ3v) is 7.68. The molecule has 6 aliphatic rings. The van der Waals surface area contributed by atoms with E-state index in [2.05, 4.69) is 0 Å². The van der Waals surface area contributed by atoms with Gasteiger partial charge >= 0.3 is 17.9 Å². The molecule has 2 unspecified atom stereocenters. The van der Waals surface area contributed by atoms with Gasteiger partial charge in [0.15, 0.2) is 0 Å². The Balaban J connectivity index is 1.52. The van der Waals surface area contributed by atoms with Crippen LogP contribution in [0.3, 0.4) is 0 Å². The number of carbonyl (C=O) groups is 3. The van der Waals surface area contributed by atoms with Crippen molar-refractivity contribution in [3.8, 4) is 0 Å². The Bertz CT molecular complexity index is 599. The Kier molecular flexibility index (Phi) is 2.34. The van der Waals surface area contributed by atoms with E-state index in [1.807, 2.05) is 0 Å². The van der Waals surface area contributed by atoms with Crippen LogP contribution in [0, 0.1) is 58.7 Å². The predicted octanol–water partition coefficient (Wildman–Crippen LogP) is 0.496. The fraction of sp³-hybridized carbons (Fsp3) is 0.824. The fourth-order valence-corrected chi connectivity index (χ4v) is 7.51. The average molecular weight is 320 g/mol. The number of esters is 3. The van der Waals surface area contributed by atoms with Crippen LogP contribution in [0.4, 0.5) is 0 Å². The Morgan fingerprint density at radius 1 is 0.826 bits per heavy atom. The lowest BCUT2D eigenvalue weighted by Crippen LogP contribution is -2.51. The smallest absolute Gasteiger partial charge is 0.309 e. The first-order chi connectivity index (χ1) is 11.0. The predicted molar refractivity (Wildman–Crippen MR) is 74.5 cm³/mol. The van der Waals surface area contributed by atoms with Crippen LogP contribution < -0.4 is 0 Å². The Labute approximate surface area is 133 Å². The zero-order chi connectivity index (χ0) is 16.3. The average Bonchev–Trinajstić information content (AvgIpc) is 3.39. The molecule has 6 rings (SSSR count). The minimum Gasteiger partial charge on any atom is -0.469 e. The van der Waals surface area contributed by atoms with Crippen molar-refractivity contribution in [2.24, 2.45) is 58.7 Å². The van der Waals surface area contributed by atoms with Gasteiger partial charge in [0.25, 0.3) is 0 Å². The van der Waals surface area contributed by atoms with Gasteiger partial charge in [0.05, 0.1) is 32.7 Å². The van der Waals surface area contributed by atoms with E-state index in [0.717, 1.165) is 0 Å². The molecule has 0 spiro atoms. The van der Waals surface area contributed by atoms with Crippen LogP contribution in [-0.2, 0) is 28.6 Å². The van der Waals surface area contributed by atoms with E-state index >= 15 is 0 Å². The van der Waals surface area contributed by atoms with Crippen LogP contribution >= 0.6 is 0 Å². The second-order valence-corrected chi connectivity index (χ2v) is 7.88. The van der Waals surface area contributed by atoms with Crippen molar-refractivity contribution in [3.05, 3.63) is 0 Å². The van der Waals surface area contributed by atoms with Crippen molar-refractivity contribution >= 4 is 17.9 Å². The SMILES string of the molecule is COC(=O)[C@@H]1[C@H](C(=O)OC)[C@@H]2[C@H]3C4[C@H]3[C@@H]1[C@H]1[C@@H]2C41COC(C)=O. The quantitative estimate of drug-likeness (QED) is 0.554. The summed E-state index contributed by atoms with van der Waals surface area (Å²) in [6.45, 7) is 1.88. The monoisotopic (exact) mass is 320 g/mol. The van der Waals surface area contributed by atoms with Crippen LogP contribution in [0.15, 0.2) is 0 Å². The molecule has 0 amide bonds. The number of hydrogen-bond acceptors (Lipinski definition) is 6. The minimum atomic E-state index is -0.383. The first-order valence-electron chi connectivity index (χ1n) is 8.29. The van der Waals surface area contributed by atoms with Crippen molar-refractivity contribution in [3.63, 3.8) is 0 Å². The van der Waals surface area contributed by atoms with Gasteiger partial charge in [-0.15, -0.1) is 0 Å². The molecular formula is C17H20O6.